The quantitative estimate of drug-likeness (QED) is 0.438. The van der Waals surface area contributed by atoms with Crippen molar-refractivity contribution >= 4 is 11.7 Å². The second-order valence-corrected chi connectivity index (χ2v) is 8.02. The zero-order chi connectivity index (χ0) is 25.1. The first-order valence-electron chi connectivity index (χ1n) is 11.0. The molecule has 184 valence electrons. The standard InChI is InChI=1S/C25H27N3O7/c1-15-6-7-17(35-15)22(29)20-21(16-12-18(32-2)24(34-4)19(13-16)33-3)28(25(31)23(20)30)10-5-9-27-11-8-26-14-27/h6-8,11-14,21,30H,5,9-10H2,1-4H3/t21-/m0/s1. The summed E-state index contributed by atoms with van der Waals surface area (Å²) in [6.45, 7) is 2.59. The molecule has 10 heteroatoms. The Morgan fingerprint density at radius 3 is 2.37 bits per heavy atom. The summed E-state index contributed by atoms with van der Waals surface area (Å²) in [5.41, 5.74) is 0.451. The number of aromatic nitrogens is 2. The highest BCUT2D eigenvalue weighted by Gasteiger charge is 2.44. The molecule has 1 aromatic carbocycles. The van der Waals surface area contributed by atoms with E-state index in [9.17, 15) is 14.7 Å². The molecule has 0 saturated heterocycles. The maximum absolute atomic E-state index is 13.4. The highest BCUT2D eigenvalue weighted by Crippen LogP contribution is 2.45. The van der Waals surface area contributed by atoms with Crippen molar-refractivity contribution in [1.29, 1.82) is 0 Å². The van der Waals surface area contributed by atoms with Gasteiger partial charge in [0, 0.05) is 25.5 Å². The molecular formula is C25H27N3O7. The van der Waals surface area contributed by atoms with Crippen molar-refractivity contribution < 1.29 is 33.3 Å². The predicted molar refractivity (Wildman–Crippen MR) is 125 cm³/mol. The summed E-state index contributed by atoms with van der Waals surface area (Å²) in [5.74, 6) is -0.142. The highest BCUT2D eigenvalue weighted by molar-refractivity contribution is 6.15. The fourth-order valence-electron chi connectivity index (χ4n) is 4.25. The lowest BCUT2D eigenvalue weighted by molar-refractivity contribution is -0.129. The molecule has 0 aliphatic carbocycles. The van der Waals surface area contributed by atoms with Gasteiger partial charge in [-0.05, 0) is 43.2 Å². The van der Waals surface area contributed by atoms with Crippen LogP contribution in [0.4, 0.5) is 0 Å². The van der Waals surface area contributed by atoms with Gasteiger partial charge in [0.25, 0.3) is 5.91 Å². The number of methoxy groups -OCH3 is 3. The SMILES string of the molecule is COc1cc([C@H]2C(C(=O)c3ccc(C)o3)=C(O)C(=O)N2CCCn2ccnc2)cc(OC)c1OC. The number of ether oxygens (including phenoxy) is 3. The van der Waals surface area contributed by atoms with Crippen molar-refractivity contribution in [3.8, 4) is 17.2 Å². The number of carbonyl (C=O) groups excluding carboxylic acids is 2. The number of nitrogens with zero attached hydrogens (tertiary/aromatic N) is 3. The van der Waals surface area contributed by atoms with Crippen LogP contribution in [0.15, 0.2) is 58.7 Å². The van der Waals surface area contributed by atoms with E-state index < -0.39 is 23.5 Å². The Kier molecular flexibility index (Phi) is 6.81. The molecule has 1 amide bonds. The smallest absolute Gasteiger partial charge is 0.290 e. The summed E-state index contributed by atoms with van der Waals surface area (Å²) < 4.78 is 23.8. The molecule has 10 nitrogen and oxygen atoms in total. The zero-order valence-electron chi connectivity index (χ0n) is 20.0. The van der Waals surface area contributed by atoms with Crippen LogP contribution in [0.5, 0.6) is 17.2 Å². The fraction of sp³-hybridized carbons (Fsp3) is 0.320. The Morgan fingerprint density at radius 2 is 1.83 bits per heavy atom. The molecule has 0 unspecified atom stereocenters. The van der Waals surface area contributed by atoms with Gasteiger partial charge < -0.3 is 33.2 Å². The van der Waals surface area contributed by atoms with Crippen LogP contribution in [0.25, 0.3) is 0 Å². The van der Waals surface area contributed by atoms with E-state index in [1.165, 1.54) is 32.3 Å². The lowest BCUT2D eigenvalue weighted by Gasteiger charge is -2.27. The van der Waals surface area contributed by atoms with Gasteiger partial charge in [0.2, 0.25) is 11.5 Å². The highest BCUT2D eigenvalue weighted by atomic mass is 16.5. The van der Waals surface area contributed by atoms with Gasteiger partial charge in [-0.15, -0.1) is 0 Å². The van der Waals surface area contributed by atoms with E-state index in [2.05, 4.69) is 4.98 Å². The van der Waals surface area contributed by atoms with E-state index in [0.29, 0.717) is 41.5 Å². The predicted octanol–water partition coefficient (Wildman–Crippen LogP) is 3.48. The number of rotatable bonds is 10. The van der Waals surface area contributed by atoms with Gasteiger partial charge in [0.1, 0.15) is 5.76 Å². The minimum atomic E-state index is -0.892. The van der Waals surface area contributed by atoms with Crippen molar-refractivity contribution in [1.82, 2.24) is 14.5 Å². The van der Waals surface area contributed by atoms with Crippen LogP contribution in [0.3, 0.4) is 0 Å². The minimum Gasteiger partial charge on any atom is -0.503 e. The Balaban J connectivity index is 1.77. The number of imidazole rings is 1. The van der Waals surface area contributed by atoms with Gasteiger partial charge in [-0.2, -0.15) is 0 Å². The minimum absolute atomic E-state index is 0.0366. The molecule has 1 atom stereocenters. The van der Waals surface area contributed by atoms with Crippen LogP contribution in [0.1, 0.15) is 34.3 Å². The van der Waals surface area contributed by atoms with E-state index >= 15 is 0 Å². The largest absolute Gasteiger partial charge is 0.503 e. The van der Waals surface area contributed by atoms with E-state index in [0.717, 1.165) is 0 Å². The van der Waals surface area contributed by atoms with Crippen molar-refractivity contribution in [2.45, 2.75) is 25.9 Å². The van der Waals surface area contributed by atoms with Crippen LogP contribution < -0.4 is 14.2 Å². The van der Waals surface area contributed by atoms with Crippen LogP contribution in [-0.4, -0.2) is 59.1 Å². The molecular weight excluding hydrogens is 454 g/mol. The van der Waals surface area contributed by atoms with Crippen LogP contribution in [0, 0.1) is 6.92 Å². The molecule has 2 aromatic heterocycles. The van der Waals surface area contributed by atoms with Crippen LogP contribution >= 0.6 is 0 Å². The molecule has 3 heterocycles. The molecule has 1 aliphatic rings. The van der Waals surface area contributed by atoms with E-state index in [-0.39, 0.29) is 17.9 Å². The van der Waals surface area contributed by atoms with Crippen molar-refractivity contribution in [2.75, 3.05) is 27.9 Å². The van der Waals surface area contributed by atoms with Crippen molar-refractivity contribution in [3.63, 3.8) is 0 Å². The van der Waals surface area contributed by atoms with Gasteiger partial charge in [-0.25, -0.2) is 4.98 Å². The van der Waals surface area contributed by atoms with Gasteiger partial charge in [-0.1, -0.05) is 0 Å². The number of hydrogen-bond acceptors (Lipinski definition) is 8. The molecule has 0 saturated carbocycles. The van der Waals surface area contributed by atoms with Gasteiger partial charge >= 0.3 is 0 Å². The normalized spacial score (nSPS) is 15.6. The number of benzene rings is 1. The second kappa shape index (κ2) is 9.96. The maximum Gasteiger partial charge on any atom is 0.290 e. The Hall–Kier alpha value is -4.21. The summed E-state index contributed by atoms with van der Waals surface area (Å²) >= 11 is 0. The van der Waals surface area contributed by atoms with E-state index in [1.807, 2.05) is 10.8 Å². The summed E-state index contributed by atoms with van der Waals surface area (Å²) in [6.07, 6.45) is 5.76. The second-order valence-electron chi connectivity index (χ2n) is 8.02. The van der Waals surface area contributed by atoms with E-state index in [1.54, 1.807) is 37.6 Å². The van der Waals surface area contributed by atoms with Gasteiger partial charge in [0.05, 0.1) is 39.3 Å². The topological polar surface area (TPSA) is 116 Å². The molecule has 0 bridgehead atoms. The first-order chi connectivity index (χ1) is 16.9. The first-order valence-corrected chi connectivity index (χ1v) is 11.0. The maximum atomic E-state index is 13.4. The van der Waals surface area contributed by atoms with Crippen molar-refractivity contribution in [3.05, 3.63) is 71.4 Å². The summed E-state index contributed by atoms with van der Waals surface area (Å²) in [7, 11) is 4.45. The number of aliphatic hydroxyl groups is 1. The third kappa shape index (κ3) is 4.46. The lowest BCUT2D eigenvalue weighted by atomic mass is 9.94. The van der Waals surface area contributed by atoms with Crippen molar-refractivity contribution in [2.24, 2.45) is 0 Å². The number of amides is 1. The summed E-state index contributed by atoms with van der Waals surface area (Å²) in [5, 5.41) is 10.9. The number of carbonyl (C=O) groups is 2. The van der Waals surface area contributed by atoms with Gasteiger partial charge in [0.15, 0.2) is 23.0 Å². The fourth-order valence-corrected chi connectivity index (χ4v) is 4.25. The molecule has 1 aliphatic heterocycles. The number of hydrogen-bond donors (Lipinski definition) is 1. The number of Topliss-reactive ketones (excluding diaryl/α,β-unsaturated/α-hetero) is 1. The Bertz CT molecular complexity index is 1230. The average molecular weight is 482 g/mol. The third-order valence-electron chi connectivity index (χ3n) is 5.89. The van der Waals surface area contributed by atoms with Crippen LogP contribution in [0.2, 0.25) is 0 Å². The number of furan rings is 1. The molecule has 1 N–H and O–H groups in total. The molecule has 3 aromatic rings. The number of aliphatic hydroxyl groups excluding tert-OH is 1. The number of aryl methyl sites for hydroxylation is 2. The molecule has 0 radical (unpaired) electrons. The number of ketones is 1. The average Bonchev–Trinajstić information content (AvgIpc) is 3.59. The summed E-state index contributed by atoms with van der Waals surface area (Å²) in [4.78, 5) is 32.1. The zero-order valence-corrected chi connectivity index (χ0v) is 20.0. The Labute approximate surface area is 202 Å². The third-order valence-corrected chi connectivity index (χ3v) is 5.89. The Morgan fingerprint density at radius 1 is 1.11 bits per heavy atom. The lowest BCUT2D eigenvalue weighted by Crippen LogP contribution is -2.32. The monoisotopic (exact) mass is 481 g/mol. The molecule has 4 rings (SSSR count). The molecule has 0 spiro atoms. The first kappa shape index (κ1) is 23.9. The van der Waals surface area contributed by atoms with Crippen LogP contribution in [-0.2, 0) is 11.3 Å². The van der Waals surface area contributed by atoms with E-state index in [4.69, 9.17) is 18.6 Å². The molecule has 0 fully saturated rings. The summed E-state index contributed by atoms with van der Waals surface area (Å²) in [6, 6.07) is 5.62. The van der Waals surface area contributed by atoms with Gasteiger partial charge in [-0.3, -0.25) is 9.59 Å². The molecule has 35 heavy (non-hydrogen) atoms.